The van der Waals surface area contributed by atoms with Gasteiger partial charge >= 0.3 is 0 Å². The van der Waals surface area contributed by atoms with E-state index in [4.69, 9.17) is 5.73 Å². The van der Waals surface area contributed by atoms with Crippen molar-refractivity contribution in [2.75, 3.05) is 15.8 Å². The van der Waals surface area contributed by atoms with Crippen LogP contribution in [0.4, 0.5) is 17.5 Å². The van der Waals surface area contributed by atoms with Crippen LogP contribution in [0.1, 0.15) is 30.2 Å². The Hall–Kier alpha value is -4.50. The van der Waals surface area contributed by atoms with E-state index in [0.29, 0.717) is 28.2 Å². The summed E-state index contributed by atoms with van der Waals surface area (Å²) in [6.45, 7) is 3.53. The summed E-state index contributed by atoms with van der Waals surface area (Å²) in [5.74, 6) is -0.443. The molecule has 0 spiro atoms. The Morgan fingerprint density at radius 2 is 1.85 bits per heavy atom. The number of anilines is 3. The lowest BCUT2D eigenvalue weighted by atomic mass is 10.0. The van der Waals surface area contributed by atoms with Crippen molar-refractivity contribution < 1.29 is 13.2 Å². The van der Waals surface area contributed by atoms with E-state index in [1.54, 1.807) is 25.1 Å². The maximum Gasteiger partial charge on any atom is 0.264 e. The van der Waals surface area contributed by atoms with Crippen LogP contribution in [0.15, 0.2) is 64.0 Å². The summed E-state index contributed by atoms with van der Waals surface area (Å²) >= 11 is 2.43. The smallest absolute Gasteiger partial charge is 0.264 e. The van der Waals surface area contributed by atoms with Crippen molar-refractivity contribution in [3.8, 4) is 22.6 Å². The molecule has 40 heavy (non-hydrogen) atoms. The van der Waals surface area contributed by atoms with E-state index < -0.39 is 15.3 Å². The zero-order valence-electron chi connectivity index (χ0n) is 21.2. The Kier molecular flexibility index (Phi) is 8.64. The maximum absolute atomic E-state index is 13.2. The van der Waals surface area contributed by atoms with Gasteiger partial charge in [-0.1, -0.05) is 24.8 Å². The number of nitrogen functional groups attached to an aromatic ring is 1. The first-order chi connectivity index (χ1) is 19.2. The normalized spacial score (nSPS) is 11.7. The zero-order chi connectivity index (χ0) is 28.9. The van der Waals surface area contributed by atoms with Crippen LogP contribution in [0.3, 0.4) is 0 Å². The van der Waals surface area contributed by atoms with Gasteiger partial charge in [-0.25, -0.2) is 28.1 Å². The molecule has 0 saturated heterocycles. The van der Waals surface area contributed by atoms with Gasteiger partial charge in [-0.05, 0) is 55.1 Å². The molecule has 14 heteroatoms. The summed E-state index contributed by atoms with van der Waals surface area (Å²) in [6, 6.07) is 15.0. The second-order valence-corrected chi connectivity index (χ2v) is 12.1. The van der Waals surface area contributed by atoms with Gasteiger partial charge in [0.25, 0.3) is 10.0 Å². The number of thiophene rings is 1. The van der Waals surface area contributed by atoms with Gasteiger partial charge in [-0.15, -0.1) is 11.3 Å². The Morgan fingerprint density at radius 1 is 1.12 bits per heavy atom. The summed E-state index contributed by atoms with van der Waals surface area (Å²) in [5.41, 5.74) is 7.73. The van der Waals surface area contributed by atoms with Crippen molar-refractivity contribution in [2.24, 2.45) is 0 Å². The van der Waals surface area contributed by atoms with Crippen molar-refractivity contribution in [3.05, 3.63) is 70.9 Å². The van der Waals surface area contributed by atoms with Gasteiger partial charge < -0.3 is 11.1 Å². The first kappa shape index (κ1) is 28.5. The van der Waals surface area contributed by atoms with Crippen LogP contribution in [0.2, 0.25) is 0 Å². The van der Waals surface area contributed by atoms with Crippen molar-refractivity contribution in [2.45, 2.75) is 35.4 Å². The van der Waals surface area contributed by atoms with Crippen LogP contribution >= 0.6 is 23.1 Å². The molecule has 1 unspecified atom stereocenters. The number of hydrogen-bond acceptors (Lipinski definition) is 11. The minimum Gasteiger partial charge on any atom is -0.383 e. The van der Waals surface area contributed by atoms with Crippen LogP contribution in [-0.4, -0.2) is 34.5 Å². The monoisotopic (exact) mass is 590 g/mol. The van der Waals surface area contributed by atoms with Gasteiger partial charge in [-0.3, -0.25) is 4.79 Å². The molecule has 0 aliphatic heterocycles. The Balaban J connectivity index is 1.53. The molecule has 3 aromatic heterocycles. The van der Waals surface area contributed by atoms with E-state index in [-0.39, 0.29) is 38.7 Å². The average molecular weight is 591 g/mol. The molecule has 3 heterocycles. The molecular formula is C26H22N8O3S3. The number of amides is 1. The van der Waals surface area contributed by atoms with E-state index in [9.17, 15) is 23.7 Å². The fraction of sp³-hybridized carbons (Fsp3) is 0.154. The van der Waals surface area contributed by atoms with Gasteiger partial charge in [0, 0.05) is 28.0 Å². The number of aryl methyl sites for hydroxylation is 1. The number of nitrogens with two attached hydrogens (primary N) is 1. The molecular weight excluding hydrogens is 569 g/mol. The van der Waals surface area contributed by atoms with E-state index >= 15 is 0 Å². The van der Waals surface area contributed by atoms with E-state index in [2.05, 4.69) is 31.1 Å². The third-order valence-electron chi connectivity index (χ3n) is 5.55. The van der Waals surface area contributed by atoms with Crippen molar-refractivity contribution >= 4 is 56.5 Å². The Morgan fingerprint density at radius 3 is 2.45 bits per heavy atom. The van der Waals surface area contributed by atoms with Crippen molar-refractivity contribution in [1.29, 1.82) is 10.5 Å². The van der Waals surface area contributed by atoms with Crippen LogP contribution in [0.5, 0.6) is 0 Å². The average Bonchev–Trinajstić information content (AvgIpc) is 3.46. The van der Waals surface area contributed by atoms with Crippen LogP contribution < -0.4 is 15.8 Å². The standard InChI is InChI=1S/C26H22N8O3S3/c1-3-20(39-25-19(14-28)22(21-5-4-12-38-21)18(13-27)23(29)33-25)24(35)32-16-6-8-17(9-7-16)40(36,37)34-26-30-11-10-15(2)31-26/h4-12,20H,3H2,1-2H3,(H2,29,33)(H,32,35)(H,30,31,34). The molecule has 202 valence electrons. The highest BCUT2D eigenvalue weighted by Gasteiger charge is 2.26. The summed E-state index contributed by atoms with van der Waals surface area (Å²) in [7, 11) is -3.94. The number of carbonyl (C=O) groups is 1. The number of hydrogen-bond donors (Lipinski definition) is 3. The summed E-state index contributed by atoms with van der Waals surface area (Å²) < 4.78 is 27.7. The topological polar surface area (TPSA) is 188 Å². The minimum absolute atomic E-state index is 0.0240. The minimum atomic E-state index is -3.94. The molecule has 4 aromatic rings. The third-order valence-corrected chi connectivity index (χ3v) is 9.13. The first-order valence-corrected chi connectivity index (χ1v) is 15.0. The predicted molar refractivity (Wildman–Crippen MR) is 154 cm³/mol. The predicted octanol–water partition coefficient (Wildman–Crippen LogP) is 4.54. The van der Waals surface area contributed by atoms with E-state index in [1.165, 1.54) is 41.8 Å². The molecule has 0 fully saturated rings. The largest absolute Gasteiger partial charge is 0.383 e. The number of thioether (sulfide) groups is 1. The number of pyridine rings is 1. The molecule has 0 radical (unpaired) electrons. The Bertz CT molecular complexity index is 1740. The second kappa shape index (κ2) is 12.1. The highest BCUT2D eigenvalue weighted by molar-refractivity contribution is 8.00. The van der Waals surface area contributed by atoms with Gasteiger partial charge in [0.05, 0.1) is 15.7 Å². The fourth-order valence-corrected chi connectivity index (χ4v) is 6.38. The number of nitriles is 2. The third kappa shape index (κ3) is 6.21. The van der Waals surface area contributed by atoms with Crippen LogP contribution in [0, 0.1) is 29.6 Å². The van der Waals surface area contributed by atoms with Gasteiger partial charge in [0.15, 0.2) is 0 Å². The maximum atomic E-state index is 13.2. The lowest BCUT2D eigenvalue weighted by Gasteiger charge is -2.17. The number of nitrogens with one attached hydrogen (secondary N) is 2. The number of carbonyl (C=O) groups excluding carboxylic acids is 1. The molecule has 4 N–H and O–H groups in total. The molecule has 1 aromatic carbocycles. The lowest BCUT2D eigenvalue weighted by Crippen LogP contribution is -2.25. The van der Waals surface area contributed by atoms with Crippen molar-refractivity contribution in [3.63, 3.8) is 0 Å². The Labute approximate surface area is 239 Å². The van der Waals surface area contributed by atoms with Crippen LogP contribution in [0.25, 0.3) is 10.4 Å². The zero-order valence-corrected chi connectivity index (χ0v) is 23.7. The molecule has 0 bridgehead atoms. The number of aromatic nitrogens is 3. The summed E-state index contributed by atoms with van der Waals surface area (Å²) in [5, 5.41) is 23.8. The SMILES string of the molecule is CCC(Sc1nc(N)c(C#N)c(-c2cccs2)c1C#N)C(=O)Nc1ccc(S(=O)(=O)Nc2nccc(C)n2)cc1. The lowest BCUT2D eigenvalue weighted by molar-refractivity contribution is -0.115. The number of benzene rings is 1. The molecule has 11 nitrogen and oxygen atoms in total. The number of rotatable bonds is 9. The van der Waals surface area contributed by atoms with E-state index in [1.807, 2.05) is 18.4 Å². The summed E-state index contributed by atoms with van der Waals surface area (Å²) in [4.78, 5) is 26.0. The van der Waals surface area contributed by atoms with Gasteiger partial charge in [0.1, 0.15) is 28.5 Å². The highest BCUT2D eigenvalue weighted by atomic mass is 32.2. The molecule has 1 amide bonds. The molecule has 0 saturated carbocycles. The second-order valence-electron chi connectivity index (χ2n) is 8.28. The quantitative estimate of drug-likeness (QED) is 0.233. The molecule has 0 aliphatic carbocycles. The molecule has 4 rings (SSSR count). The highest BCUT2D eigenvalue weighted by Crippen LogP contribution is 2.39. The van der Waals surface area contributed by atoms with Crippen LogP contribution in [-0.2, 0) is 14.8 Å². The van der Waals surface area contributed by atoms with Gasteiger partial charge in [0.2, 0.25) is 11.9 Å². The van der Waals surface area contributed by atoms with E-state index in [0.717, 1.165) is 11.8 Å². The number of nitrogens with zero attached hydrogens (tertiary/aromatic N) is 5. The summed E-state index contributed by atoms with van der Waals surface area (Å²) in [6.07, 6.45) is 1.84. The molecule has 1 atom stereocenters. The van der Waals surface area contributed by atoms with Gasteiger partial charge in [-0.2, -0.15) is 10.5 Å². The fourth-order valence-electron chi connectivity index (χ4n) is 3.62. The molecule has 0 aliphatic rings. The van der Waals surface area contributed by atoms with Crippen molar-refractivity contribution in [1.82, 2.24) is 15.0 Å². The first-order valence-electron chi connectivity index (χ1n) is 11.7. The number of sulfonamides is 1.